The fourth-order valence-corrected chi connectivity index (χ4v) is 0.977. The second-order valence-electron chi connectivity index (χ2n) is 2.46. The van der Waals surface area contributed by atoms with E-state index in [1.54, 1.807) is 6.08 Å². The Bertz CT molecular complexity index is 366. The van der Waals surface area contributed by atoms with Gasteiger partial charge in [0, 0.05) is 5.56 Å². The van der Waals surface area contributed by atoms with Crippen LogP contribution in [0.25, 0.3) is 6.08 Å². The van der Waals surface area contributed by atoms with Crippen molar-refractivity contribution in [1.82, 2.24) is 0 Å². The molecule has 0 spiro atoms. The lowest BCUT2D eigenvalue weighted by molar-refractivity contribution is -0.107. The van der Waals surface area contributed by atoms with Crippen molar-refractivity contribution >= 4 is 12.4 Å². The average Bonchev–Trinajstić information content (AvgIpc) is 2.19. The zero-order valence-corrected chi connectivity index (χ0v) is 7.29. The highest BCUT2D eigenvalue weighted by Crippen LogP contribution is 2.07. The van der Waals surface area contributed by atoms with Gasteiger partial charge in [-0.15, -0.1) is 0 Å². The average molecular weight is 170 g/mol. The van der Waals surface area contributed by atoms with E-state index in [1.165, 1.54) is 0 Å². The number of hydrogen-bond donors (Lipinski definition) is 0. The number of hydrogen-bond acceptors (Lipinski definition) is 1. The van der Waals surface area contributed by atoms with Crippen LogP contribution in [0.3, 0.4) is 0 Å². The smallest absolute Gasteiger partial charge is 0.131 e. The van der Waals surface area contributed by atoms with E-state index in [-0.39, 0.29) is 6.42 Å². The zero-order chi connectivity index (χ0) is 9.52. The molecule has 0 saturated heterocycles. The number of benzene rings is 1. The van der Waals surface area contributed by atoms with Crippen LogP contribution in [0, 0.1) is 11.8 Å². The minimum absolute atomic E-state index is 0.283. The van der Waals surface area contributed by atoms with Crippen LogP contribution in [0.15, 0.2) is 30.8 Å². The summed E-state index contributed by atoms with van der Waals surface area (Å²) < 4.78 is 0. The molecule has 1 nitrogen and oxygen atoms in total. The van der Waals surface area contributed by atoms with E-state index in [0.717, 1.165) is 17.4 Å². The van der Waals surface area contributed by atoms with Crippen LogP contribution in [-0.4, -0.2) is 6.29 Å². The van der Waals surface area contributed by atoms with E-state index < -0.39 is 0 Å². The lowest BCUT2D eigenvalue weighted by Gasteiger charge is -1.95. The zero-order valence-electron chi connectivity index (χ0n) is 7.29. The minimum Gasteiger partial charge on any atom is -0.302 e. The SMILES string of the molecule is C=Cc1ccccc1C#CCC=O. The minimum atomic E-state index is 0.283. The predicted octanol–water partition coefficient (Wildman–Crippen LogP) is 2.27. The Morgan fingerprint density at radius 2 is 2.15 bits per heavy atom. The van der Waals surface area contributed by atoms with Crippen LogP contribution in [0.4, 0.5) is 0 Å². The molecule has 0 bridgehead atoms. The van der Waals surface area contributed by atoms with E-state index in [1.807, 2.05) is 24.3 Å². The van der Waals surface area contributed by atoms with Gasteiger partial charge in [-0.05, 0) is 11.6 Å². The summed E-state index contributed by atoms with van der Waals surface area (Å²) in [5.74, 6) is 5.67. The van der Waals surface area contributed by atoms with Gasteiger partial charge in [-0.2, -0.15) is 0 Å². The molecule has 0 radical (unpaired) electrons. The summed E-state index contributed by atoms with van der Waals surface area (Å²) in [4.78, 5) is 10.0. The lowest BCUT2D eigenvalue weighted by atomic mass is 10.1. The summed E-state index contributed by atoms with van der Waals surface area (Å²) in [5.41, 5.74) is 1.92. The van der Waals surface area contributed by atoms with Gasteiger partial charge in [-0.1, -0.05) is 42.7 Å². The molecular formula is C12H10O. The van der Waals surface area contributed by atoms with Gasteiger partial charge in [0.05, 0.1) is 6.42 Å². The molecule has 0 saturated carbocycles. The Hall–Kier alpha value is -1.81. The van der Waals surface area contributed by atoms with Crippen molar-refractivity contribution in [3.05, 3.63) is 42.0 Å². The van der Waals surface area contributed by atoms with Crippen LogP contribution in [0.5, 0.6) is 0 Å². The Kier molecular flexibility index (Phi) is 3.53. The monoisotopic (exact) mass is 170 g/mol. The molecule has 0 atom stereocenters. The molecule has 1 aromatic carbocycles. The van der Waals surface area contributed by atoms with Gasteiger partial charge >= 0.3 is 0 Å². The highest BCUT2D eigenvalue weighted by molar-refractivity contribution is 5.59. The Morgan fingerprint density at radius 3 is 2.85 bits per heavy atom. The highest BCUT2D eigenvalue weighted by atomic mass is 16.1. The molecule has 0 fully saturated rings. The van der Waals surface area contributed by atoms with Gasteiger partial charge in [-0.3, -0.25) is 0 Å². The highest BCUT2D eigenvalue weighted by Gasteiger charge is 1.91. The molecule has 1 rings (SSSR count). The molecule has 0 aliphatic heterocycles. The number of aldehydes is 1. The molecule has 0 N–H and O–H groups in total. The topological polar surface area (TPSA) is 17.1 Å². The number of carbonyl (C=O) groups excluding carboxylic acids is 1. The normalized spacial score (nSPS) is 8.31. The van der Waals surface area contributed by atoms with Crippen LogP contribution < -0.4 is 0 Å². The fourth-order valence-electron chi connectivity index (χ4n) is 0.977. The first-order chi connectivity index (χ1) is 6.38. The van der Waals surface area contributed by atoms with E-state index in [9.17, 15) is 4.79 Å². The van der Waals surface area contributed by atoms with Crippen LogP contribution in [0.2, 0.25) is 0 Å². The van der Waals surface area contributed by atoms with E-state index in [0.29, 0.717) is 0 Å². The van der Waals surface area contributed by atoms with Crippen LogP contribution >= 0.6 is 0 Å². The predicted molar refractivity (Wildman–Crippen MR) is 54.1 cm³/mol. The second kappa shape index (κ2) is 4.95. The molecule has 0 aliphatic carbocycles. The van der Waals surface area contributed by atoms with Crippen molar-refractivity contribution in [3.8, 4) is 11.8 Å². The molecule has 0 unspecified atom stereocenters. The van der Waals surface area contributed by atoms with Gasteiger partial charge < -0.3 is 4.79 Å². The molecule has 64 valence electrons. The third-order valence-electron chi connectivity index (χ3n) is 1.59. The molecule has 0 aliphatic rings. The van der Waals surface area contributed by atoms with E-state index >= 15 is 0 Å². The van der Waals surface area contributed by atoms with E-state index in [2.05, 4.69) is 18.4 Å². The van der Waals surface area contributed by atoms with Crippen molar-refractivity contribution in [2.45, 2.75) is 6.42 Å². The summed E-state index contributed by atoms with van der Waals surface area (Å²) in [6, 6.07) is 7.70. The van der Waals surface area contributed by atoms with Gasteiger partial charge in [0.15, 0.2) is 0 Å². The summed E-state index contributed by atoms with van der Waals surface area (Å²) >= 11 is 0. The summed E-state index contributed by atoms with van der Waals surface area (Å²) in [6.45, 7) is 3.68. The van der Waals surface area contributed by atoms with Crippen molar-refractivity contribution < 1.29 is 4.79 Å². The Morgan fingerprint density at radius 1 is 1.38 bits per heavy atom. The first-order valence-electron chi connectivity index (χ1n) is 4.02. The van der Waals surface area contributed by atoms with Crippen molar-refractivity contribution in [1.29, 1.82) is 0 Å². The molecule has 0 heterocycles. The molecule has 0 aromatic heterocycles. The molecule has 13 heavy (non-hydrogen) atoms. The van der Waals surface area contributed by atoms with Gasteiger partial charge in [0.1, 0.15) is 6.29 Å². The first-order valence-corrected chi connectivity index (χ1v) is 4.02. The quantitative estimate of drug-likeness (QED) is 0.491. The molecule has 1 aromatic rings. The Labute approximate surface area is 78.1 Å². The van der Waals surface area contributed by atoms with E-state index in [4.69, 9.17) is 0 Å². The van der Waals surface area contributed by atoms with Gasteiger partial charge in [-0.25, -0.2) is 0 Å². The van der Waals surface area contributed by atoms with Crippen molar-refractivity contribution in [2.24, 2.45) is 0 Å². The maximum absolute atomic E-state index is 10.0. The summed E-state index contributed by atoms with van der Waals surface area (Å²) in [6.07, 6.45) is 2.83. The van der Waals surface area contributed by atoms with Gasteiger partial charge in [0.2, 0.25) is 0 Å². The number of rotatable bonds is 2. The molecule has 1 heteroatoms. The van der Waals surface area contributed by atoms with Gasteiger partial charge in [0.25, 0.3) is 0 Å². The Balaban J connectivity index is 2.94. The third kappa shape index (κ3) is 2.61. The van der Waals surface area contributed by atoms with Crippen LogP contribution in [-0.2, 0) is 4.79 Å². The maximum Gasteiger partial charge on any atom is 0.131 e. The fraction of sp³-hybridized carbons (Fsp3) is 0.0833. The van der Waals surface area contributed by atoms with Crippen LogP contribution in [0.1, 0.15) is 17.5 Å². The molecular weight excluding hydrogens is 160 g/mol. The standard InChI is InChI=1S/C12H10O/c1-2-11-7-3-4-8-12(11)9-5-6-10-13/h2-4,7-8,10H,1,6H2. The third-order valence-corrected chi connectivity index (χ3v) is 1.59. The number of carbonyl (C=O) groups is 1. The van der Waals surface area contributed by atoms with Crippen molar-refractivity contribution in [3.63, 3.8) is 0 Å². The summed E-state index contributed by atoms with van der Waals surface area (Å²) in [5, 5.41) is 0. The second-order valence-corrected chi connectivity index (χ2v) is 2.46. The maximum atomic E-state index is 10.0. The summed E-state index contributed by atoms with van der Waals surface area (Å²) in [7, 11) is 0. The van der Waals surface area contributed by atoms with Crippen molar-refractivity contribution in [2.75, 3.05) is 0 Å². The lowest BCUT2D eigenvalue weighted by Crippen LogP contribution is -1.80. The largest absolute Gasteiger partial charge is 0.302 e. The first kappa shape index (κ1) is 9.28. The molecule has 0 amide bonds.